The summed E-state index contributed by atoms with van der Waals surface area (Å²) in [5, 5.41) is 0. The number of rotatable bonds is 10. The van der Waals surface area contributed by atoms with Gasteiger partial charge in [-0.05, 0) is 12.8 Å². The van der Waals surface area contributed by atoms with Crippen molar-refractivity contribution < 1.29 is 12.0 Å². The fourth-order valence-electron chi connectivity index (χ4n) is 1.08. The van der Waals surface area contributed by atoms with Crippen LogP contribution >= 0.6 is 12.0 Å². The fraction of sp³-hybridized carbons (Fsp3) is 1.00. The first kappa shape index (κ1) is 15.3. The highest BCUT2D eigenvalue weighted by Gasteiger charge is 2.10. The first-order valence-corrected chi connectivity index (χ1v) is 8.15. The summed E-state index contributed by atoms with van der Waals surface area (Å²) in [7, 11) is -3.28. The smallest absolute Gasteiger partial charge is 0.198 e. The van der Waals surface area contributed by atoms with Gasteiger partial charge >= 0.3 is 0 Å². The molecule has 92 valence electrons. The third-order valence-electron chi connectivity index (χ3n) is 1.98. The number of hydrogen-bond acceptors (Lipinski definition) is 4. The minimum absolute atomic E-state index is 0.154. The van der Waals surface area contributed by atoms with Gasteiger partial charge < -0.3 is 0 Å². The van der Waals surface area contributed by atoms with E-state index in [4.69, 9.17) is 3.63 Å². The van der Waals surface area contributed by atoms with Crippen molar-refractivity contribution in [2.45, 2.75) is 52.4 Å². The van der Waals surface area contributed by atoms with E-state index in [2.05, 4.69) is 6.92 Å². The van der Waals surface area contributed by atoms with E-state index in [1.54, 1.807) is 0 Å². The Morgan fingerprint density at radius 3 is 2.20 bits per heavy atom. The average molecular weight is 254 g/mol. The molecular formula is C10H22O3S2. The van der Waals surface area contributed by atoms with Crippen LogP contribution in [0.1, 0.15) is 52.4 Å². The van der Waals surface area contributed by atoms with E-state index < -0.39 is 10.1 Å². The van der Waals surface area contributed by atoms with Crippen LogP contribution in [-0.4, -0.2) is 19.9 Å². The average Bonchev–Trinajstić information content (AvgIpc) is 2.17. The molecule has 3 nitrogen and oxygen atoms in total. The molecular weight excluding hydrogens is 232 g/mol. The van der Waals surface area contributed by atoms with E-state index in [1.165, 1.54) is 0 Å². The maximum absolute atomic E-state index is 11.3. The molecule has 0 N–H and O–H groups in total. The van der Waals surface area contributed by atoms with Crippen molar-refractivity contribution in [2.75, 3.05) is 11.5 Å². The summed E-state index contributed by atoms with van der Waals surface area (Å²) in [5.41, 5.74) is 0. The zero-order valence-electron chi connectivity index (χ0n) is 9.70. The van der Waals surface area contributed by atoms with Gasteiger partial charge in [0.25, 0.3) is 10.1 Å². The first-order valence-electron chi connectivity index (χ1n) is 5.66. The summed E-state index contributed by atoms with van der Waals surface area (Å²) in [4.78, 5) is 0. The van der Waals surface area contributed by atoms with Crippen LogP contribution in [0.2, 0.25) is 0 Å². The second-order valence-corrected chi connectivity index (χ2v) is 6.28. The molecule has 0 rings (SSSR count). The second-order valence-electron chi connectivity index (χ2n) is 3.57. The minimum Gasteiger partial charge on any atom is -0.198 e. The lowest BCUT2D eigenvalue weighted by atomic mass is 10.3. The molecule has 0 saturated carbocycles. The Bertz CT molecular complexity index is 225. The standard InChI is InChI=1S/C10H22O3S2/c1-3-5-7-9-14-13-15(11,12)10-8-6-4-2/h3-10H2,1-2H3. The Labute approximate surface area is 98.3 Å². The fourth-order valence-corrected chi connectivity index (χ4v) is 3.09. The molecule has 0 aliphatic heterocycles. The van der Waals surface area contributed by atoms with Gasteiger partial charge in [0, 0.05) is 17.8 Å². The molecule has 0 atom stereocenters. The molecule has 0 unspecified atom stereocenters. The summed E-state index contributed by atoms with van der Waals surface area (Å²) in [5.74, 6) is 0.919. The summed E-state index contributed by atoms with van der Waals surface area (Å²) in [6.07, 6.45) is 5.97. The highest BCUT2D eigenvalue weighted by atomic mass is 32.3. The maximum Gasteiger partial charge on any atom is 0.278 e. The lowest BCUT2D eigenvalue weighted by Gasteiger charge is -2.03. The SMILES string of the molecule is CCCCCSOS(=O)(=O)CCCCC. The Hall–Kier alpha value is 0.260. The normalized spacial score (nSPS) is 11.9. The summed E-state index contributed by atoms with van der Waals surface area (Å²) < 4.78 is 27.4. The van der Waals surface area contributed by atoms with Crippen molar-refractivity contribution in [3.63, 3.8) is 0 Å². The Balaban J connectivity index is 3.47. The van der Waals surface area contributed by atoms with Gasteiger partial charge in [0.15, 0.2) is 0 Å². The van der Waals surface area contributed by atoms with Crippen LogP contribution in [0, 0.1) is 0 Å². The second kappa shape index (κ2) is 9.48. The van der Waals surface area contributed by atoms with E-state index in [0.29, 0.717) is 6.42 Å². The largest absolute Gasteiger partial charge is 0.278 e. The van der Waals surface area contributed by atoms with Crippen molar-refractivity contribution in [1.82, 2.24) is 0 Å². The predicted octanol–water partition coefficient (Wildman–Crippen LogP) is 3.36. The number of hydrogen-bond donors (Lipinski definition) is 0. The number of unbranched alkanes of at least 4 members (excludes halogenated alkanes) is 4. The van der Waals surface area contributed by atoms with Crippen LogP contribution < -0.4 is 0 Å². The van der Waals surface area contributed by atoms with Crippen molar-refractivity contribution in [3.05, 3.63) is 0 Å². The third-order valence-corrected chi connectivity index (χ3v) is 4.44. The molecule has 0 bridgehead atoms. The Morgan fingerprint density at radius 1 is 1.00 bits per heavy atom. The van der Waals surface area contributed by atoms with Crippen molar-refractivity contribution in [2.24, 2.45) is 0 Å². The quantitative estimate of drug-likeness (QED) is 0.443. The van der Waals surface area contributed by atoms with Gasteiger partial charge in [-0.15, -0.1) is 0 Å². The van der Waals surface area contributed by atoms with Crippen LogP contribution in [0.25, 0.3) is 0 Å². The lowest BCUT2D eigenvalue weighted by Crippen LogP contribution is -2.06. The van der Waals surface area contributed by atoms with E-state index in [0.717, 1.165) is 49.9 Å². The van der Waals surface area contributed by atoms with Gasteiger partial charge in [-0.3, -0.25) is 0 Å². The molecule has 0 aliphatic carbocycles. The minimum atomic E-state index is -3.28. The van der Waals surface area contributed by atoms with Gasteiger partial charge in [0.2, 0.25) is 0 Å². The molecule has 0 aliphatic rings. The molecule has 0 aromatic carbocycles. The molecule has 0 aromatic rings. The summed E-state index contributed by atoms with van der Waals surface area (Å²) >= 11 is 1.07. The van der Waals surface area contributed by atoms with Crippen LogP contribution in [0.5, 0.6) is 0 Å². The Kier molecular flexibility index (Phi) is 9.65. The molecule has 0 amide bonds. The van der Waals surface area contributed by atoms with Crippen molar-refractivity contribution in [1.29, 1.82) is 0 Å². The predicted molar refractivity (Wildman–Crippen MR) is 66.4 cm³/mol. The van der Waals surface area contributed by atoms with E-state index in [9.17, 15) is 8.42 Å². The molecule has 0 radical (unpaired) electrons. The molecule has 0 aromatic heterocycles. The lowest BCUT2D eigenvalue weighted by molar-refractivity contribution is 0.513. The van der Waals surface area contributed by atoms with E-state index in [-0.39, 0.29) is 5.75 Å². The highest BCUT2D eigenvalue weighted by molar-refractivity contribution is 8.04. The molecule has 0 spiro atoms. The van der Waals surface area contributed by atoms with Gasteiger partial charge in [0.1, 0.15) is 0 Å². The van der Waals surface area contributed by atoms with Crippen molar-refractivity contribution in [3.8, 4) is 0 Å². The van der Waals surface area contributed by atoms with Crippen molar-refractivity contribution >= 4 is 22.2 Å². The van der Waals surface area contributed by atoms with Crippen LogP contribution in [0.4, 0.5) is 0 Å². The topological polar surface area (TPSA) is 43.4 Å². The van der Waals surface area contributed by atoms with Crippen LogP contribution in [0.15, 0.2) is 0 Å². The third kappa shape index (κ3) is 10.5. The zero-order valence-corrected chi connectivity index (χ0v) is 11.3. The van der Waals surface area contributed by atoms with Crippen LogP contribution in [0.3, 0.4) is 0 Å². The summed E-state index contributed by atoms with van der Waals surface area (Å²) in [6.45, 7) is 4.17. The molecule has 0 heterocycles. The zero-order chi connectivity index (χ0) is 11.6. The monoisotopic (exact) mass is 254 g/mol. The van der Waals surface area contributed by atoms with E-state index >= 15 is 0 Å². The van der Waals surface area contributed by atoms with Crippen LogP contribution in [-0.2, 0) is 13.7 Å². The van der Waals surface area contributed by atoms with Gasteiger partial charge in [-0.2, -0.15) is 12.0 Å². The van der Waals surface area contributed by atoms with Gasteiger partial charge in [0.05, 0.1) is 5.75 Å². The highest BCUT2D eigenvalue weighted by Crippen LogP contribution is 2.13. The Morgan fingerprint density at radius 2 is 1.60 bits per heavy atom. The maximum atomic E-state index is 11.3. The summed E-state index contributed by atoms with van der Waals surface area (Å²) in [6, 6.07) is 0. The first-order chi connectivity index (χ1) is 7.12. The van der Waals surface area contributed by atoms with Gasteiger partial charge in [-0.1, -0.05) is 39.5 Å². The molecule has 5 heteroatoms. The molecule has 15 heavy (non-hydrogen) atoms. The van der Waals surface area contributed by atoms with Gasteiger partial charge in [-0.25, -0.2) is 0 Å². The molecule has 0 fully saturated rings. The van der Waals surface area contributed by atoms with E-state index in [1.807, 2.05) is 6.92 Å². The molecule has 0 saturated heterocycles.